The predicted octanol–water partition coefficient (Wildman–Crippen LogP) is 2.27. The second-order valence-electron chi connectivity index (χ2n) is 5.03. The molecule has 1 amide bonds. The van der Waals surface area contributed by atoms with Crippen molar-refractivity contribution in [1.29, 1.82) is 0 Å². The molecule has 0 aliphatic carbocycles. The average molecular weight is 356 g/mol. The molecule has 0 saturated heterocycles. The number of hydrogen-bond acceptors (Lipinski definition) is 6. The molecule has 25 heavy (non-hydrogen) atoms. The maximum atomic E-state index is 12.2. The Morgan fingerprint density at radius 2 is 1.92 bits per heavy atom. The van der Waals surface area contributed by atoms with Crippen LogP contribution >= 0.6 is 11.6 Å². The maximum absolute atomic E-state index is 12.2. The minimum Gasteiger partial charge on any atom is -0.277 e. The van der Waals surface area contributed by atoms with E-state index in [1.54, 1.807) is 55.7 Å². The summed E-state index contributed by atoms with van der Waals surface area (Å²) >= 11 is 5.85. The summed E-state index contributed by atoms with van der Waals surface area (Å²) in [6, 6.07) is 10.6. The molecule has 0 aliphatic heterocycles. The van der Waals surface area contributed by atoms with Crippen molar-refractivity contribution < 1.29 is 4.79 Å². The van der Waals surface area contributed by atoms with Gasteiger partial charge in [0.2, 0.25) is 0 Å². The van der Waals surface area contributed by atoms with Crippen LogP contribution in [-0.4, -0.2) is 32.2 Å². The molecule has 8 nitrogen and oxygen atoms in total. The quantitative estimate of drug-likeness (QED) is 0.540. The standard InChI is InChI=1S/C16H14ClN7O/c1-11-15(16(25)21-19-10-12-6-8-18-9-7-12)20-23-24(11)22-14-4-2-13(17)3-5-14/h2-10,22H,1H3,(H,21,25)/b19-10+. The Bertz CT molecular complexity index is 891. The first-order chi connectivity index (χ1) is 12.1. The molecule has 3 aromatic rings. The summed E-state index contributed by atoms with van der Waals surface area (Å²) in [6.45, 7) is 1.73. The molecule has 126 valence electrons. The van der Waals surface area contributed by atoms with Gasteiger partial charge in [-0.1, -0.05) is 11.6 Å². The fourth-order valence-corrected chi connectivity index (χ4v) is 2.09. The molecule has 0 bridgehead atoms. The first-order valence-electron chi connectivity index (χ1n) is 7.32. The monoisotopic (exact) mass is 355 g/mol. The molecule has 0 radical (unpaired) electrons. The Hall–Kier alpha value is -3.26. The lowest BCUT2D eigenvalue weighted by Gasteiger charge is -2.07. The molecule has 3 rings (SSSR count). The van der Waals surface area contributed by atoms with Gasteiger partial charge in [0.25, 0.3) is 5.91 Å². The summed E-state index contributed by atoms with van der Waals surface area (Å²) in [5.74, 6) is -0.452. The van der Waals surface area contributed by atoms with E-state index in [4.69, 9.17) is 11.6 Å². The lowest BCUT2D eigenvalue weighted by molar-refractivity contribution is 0.0949. The molecule has 0 aliphatic rings. The van der Waals surface area contributed by atoms with Gasteiger partial charge < -0.3 is 0 Å². The van der Waals surface area contributed by atoms with E-state index in [1.165, 1.54) is 11.0 Å². The number of amides is 1. The van der Waals surface area contributed by atoms with E-state index in [0.717, 1.165) is 11.3 Å². The summed E-state index contributed by atoms with van der Waals surface area (Å²) in [5.41, 5.74) is 7.74. The van der Waals surface area contributed by atoms with Crippen molar-refractivity contribution >= 4 is 29.4 Å². The summed E-state index contributed by atoms with van der Waals surface area (Å²) < 4.78 is 0. The molecule has 0 unspecified atom stereocenters. The number of aromatic nitrogens is 4. The highest BCUT2D eigenvalue weighted by Gasteiger charge is 2.16. The van der Waals surface area contributed by atoms with Gasteiger partial charge in [0.1, 0.15) is 0 Å². The van der Waals surface area contributed by atoms with Crippen LogP contribution in [0.15, 0.2) is 53.9 Å². The summed E-state index contributed by atoms with van der Waals surface area (Å²) in [4.78, 5) is 17.5. The number of carbonyl (C=O) groups is 1. The van der Waals surface area contributed by atoms with Crippen LogP contribution < -0.4 is 10.9 Å². The molecule has 1 aromatic carbocycles. The van der Waals surface area contributed by atoms with E-state index in [9.17, 15) is 4.79 Å². The van der Waals surface area contributed by atoms with Crippen LogP contribution in [0.25, 0.3) is 0 Å². The zero-order valence-corrected chi connectivity index (χ0v) is 14.0. The van der Waals surface area contributed by atoms with E-state index in [2.05, 4.69) is 31.2 Å². The molecule has 0 spiro atoms. The van der Waals surface area contributed by atoms with Crippen molar-refractivity contribution in [3.63, 3.8) is 0 Å². The Kier molecular flexibility index (Phi) is 5.00. The molecule has 9 heteroatoms. The Morgan fingerprint density at radius 1 is 1.20 bits per heavy atom. The maximum Gasteiger partial charge on any atom is 0.293 e. The van der Waals surface area contributed by atoms with E-state index in [-0.39, 0.29) is 5.69 Å². The van der Waals surface area contributed by atoms with Gasteiger partial charge in [0.15, 0.2) is 5.69 Å². The van der Waals surface area contributed by atoms with Crippen molar-refractivity contribution in [3.8, 4) is 0 Å². The minimum absolute atomic E-state index is 0.174. The van der Waals surface area contributed by atoms with Crippen LogP contribution in [0.4, 0.5) is 5.69 Å². The van der Waals surface area contributed by atoms with Crippen LogP contribution in [0.3, 0.4) is 0 Å². The third kappa shape index (κ3) is 4.18. The largest absolute Gasteiger partial charge is 0.293 e. The lowest BCUT2D eigenvalue weighted by Crippen LogP contribution is -2.20. The first kappa shape index (κ1) is 16.6. The number of anilines is 1. The van der Waals surface area contributed by atoms with Crippen LogP contribution in [0.5, 0.6) is 0 Å². The fourth-order valence-electron chi connectivity index (χ4n) is 1.96. The molecule has 0 fully saturated rings. The van der Waals surface area contributed by atoms with Gasteiger partial charge in [-0.3, -0.25) is 15.2 Å². The molecule has 0 atom stereocenters. The van der Waals surface area contributed by atoms with Gasteiger partial charge in [-0.05, 0) is 54.1 Å². The number of nitrogens with one attached hydrogen (secondary N) is 2. The smallest absolute Gasteiger partial charge is 0.277 e. The summed E-state index contributed by atoms with van der Waals surface area (Å²) in [6.07, 6.45) is 4.80. The van der Waals surface area contributed by atoms with Gasteiger partial charge in [-0.15, -0.1) is 5.10 Å². The van der Waals surface area contributed by atoms with Crippen LogP contribution in [-0.2, 0) is 0 Å². The molecule has 2 aromatic heterocycles. The minimum atomic E-state index is -0.452. The number of benzene rings is 1. The highest BCUT2D eigenvalue weighted by atomic mass is 35.5. The topological polar surface area (TPSA) is 97.1 Å². The zero-order valence-electron chi connectivity index (χ0n) is 13.2. The Balaban J connectivity index is 1.66. The van der Waals surface area contributed by atoms with E-state index in [0.29, 0.717) is 10.7 Å². The summed E-state index contributed by atoms with van der Waals surface area (Å²) in [5, 5.41) is 12.3. The second-order valence-corrected chi connectivity index (χ2v) is 5.47. The zero-order chi connectivity index (χ0) is 17.6. The third-order valence-corrected chi connectivity index (χ3v) is 3.53. The number of carbonyl (C=O) groups excluding carboxylic acids is 1. The van der Waals surface area contributed by atoms with Gasteiger partial charge in [0, 0.05) is 17.4 Å². The number of pyridine rings is 1. The third-order valence-electron chi connectivity index (χ3n) is 3.27. The highest BCUT2D eigenvalue weighted by Crippen LogP contribution is 2.14. The van der Waals surface area contributed by atoms with Crippen molar-refractivity contribution in [2.45, 2.75) is 6.92 Å². The van der Waals surface area contributed by atoms with Crippen LogP contribution in [0.2, 0.25) is 5.02 Å². The first-order valence-corrected chi connectivity index (χ1v) is 7.69. The van der Waals surface area contributed by atoms with Gasteiger partial charge >= 0.3 is 0 Å². The lowest BCUT2D eigenvalue weighted by atomic mass is 10.3. The van der Waals surface area contributed by atoms with E-state index < -0.39 is 5.91 Å². The molecular weight excluding hydrogens is 342 g/mol. The number of nitrogens with zero attached hydrogens (tertiary/aromatic N) is 5. The van der Waals surface area contributed by atoms with Crippen LogP contribution in [0.1, 0.15) is 21.7 Å². The number of hydrazone groups is 1. The normalized spacial score (nSPS) is 10.8. The number of rotatable bonds is 5. The molecule has 2 heterocycles. The Morgan fingerprint density at radius 3 is 2.64 bits per heavy atom. The second kappa shape index (κ2) is 7.54. The average Bonchev–Trinajstić information content (AvgIpc) is 2.98. The Labute approximate surface area is 148 Å². The molecular formula is C16H14ClN7O. The van der Waals surface area contributed by atoms with Crippen molar-refractivity contribution in [1.82, 2.24) is 25.5 Å². The highest BCUT2D eigenvalue weighted by molar-refractivity contribution is 6.30. The van der Waals surface area contributed by atoms with Crippen molar-refractivity contribution in [2.24, 2.45) is 5.10 Å². The van der Waals surface area contributed by atoms with Crippen molar-refractivity contribution in [3.05, 3.63) is 70.8 Å². The molecule has 0 saturated carbocycles. The predicted molar refractivity (Wildman–Crippen MR) is 94.5 cm³/mol. The van der Waals surface area contributed by atoms with Crippen molar-refractivity contribution in [2.75, 3.05) is 5.43 Å². The molecule has 2 N–H and O–H groups in total. The van der Waals surface area contributed by atoms with E-state index in [1.807, 2.05) is 0 Å². The van der Waals surface area contributed by atoms with E-state index >= 15 is 0 Å². The van der Waals surface area contributed by atoms with Crippen LogP contribution in [0, 0.1) is 6.92 Å². The SMILES string of the molecule is Cc1c(C(=O)N/N=C/c2ccncc2)nnn1Nc1ccc(Cl)cc1. The number of hydrogen-bond donors (Lipinski definition) is 2. The number of halogens is 1. The van der Waals surface area contributed by atoms with Gasteiger partial charge in [0.05, 0.1) is 17.6 Å². The summed E-state index contributed by atoms with van der Waals surface area (Å²) in [7, 11) is 0. The van der Waals surface area contributed by atoms with Gasteiger partial charge in [-0.2, -0.15) is 9.89 Å². The fraction of sp³-hybridized carbons (Fsp3) is 0.0625. The van der Waals surface area contributed by atoms with Gasteiger partial charge in [-0.25, -0.2) is 5.43 Å².